The standard InChI is InChI=1S/C22H24N6O4S/c1-3-33(31,32)26-17-8-9-19-18(14-17)20(25-24-19)21(29)23-16-6-4-15(5-7-16)22(30)28-12-10-27(2)11-13-28/h3-9,14,26H,1,10-13H2,2H3,(H,23,29)(H,24,25). The van der Waals surface area contributed by atoms with E-state index in [0.717, 1.165) is 18.5 Å². The Hall–Kier alpha value is -3.70. The summed E-state index contributed by atoms with van der Waals surface area (Å²) in [5, 5.41) is 10.8. The highest BCUT2D eigenvalue weighted by Gasteiger charge is 2.21. The molecule has 10 nitrogen and oxygen atoms in total. The van der Waals surface area contributed by atoms with E-state index < -0.39 is 15.9 Å². The molecule has 0 unspecified atom stereocenters. The summed E-state index contributed by atoms with van der Waals surface area (Å²) in [5.41, 5.74) is 2.04. The molecule has 0 aliphatic carbocycles. The number of anilines is 2. The SMILES string of the molecule is C=CS(=O)(=O)Nc1ccc2[nH]nc(C(=O)Nc3ccc(C(=O)N4CCN(C)CC4)cc3)c2c1. The van der Waals surface area contributed by atoms with Gasteiger partial charge in [0.25, 0.3) is 21.8 Å². The third-order valence-electron chi connectivity index (χ3n) is 5.44. The molecule has 11 heteroatoms. The Labute approximate surface area is 191 Å². The Morgan fingerprint density at radius 2 is 1.73 bits per heavy atom. The van der Waals surface area contributed by atoms with E-state index in [2.05, 4.69) is 31.7 Å². The van der Waals surface area contributed by atoms with Crippen molar-refractivity contribution in [1.29, 1.82) is 0 Å². The highest BCUT2D eigenvalue weighted by Crippen LogP contribution is 2.23. The largest absolute Gasteiger partial charge is 0.336 e. The summed E-state index contributed by atoms with van der Waals surface area (Å²) in [5.74, 6) is -0.503. The van der Waals surface area contributed by atoms with Crippen molar-refractivity contribution in [3.63, 3.8) is 0 Å². The van der Waals surface area contributed by atoms with Gasteiger partial charge < -0.3 is 15.1 Å². The highest BCUT2D eigenvalue weighted by atomic mass is 32.2. The molecule has 2 amide bonds. The second-order valence-electron chi connectivity index (χ2n) is 7.77. The molecule has 4 rings (SSSR count). The maximum absolute atomic E-state index is 12.8. The van der Waals surface area contributed by atoms with Crippen molar-refractivity contribution in [3.8, 4) is 0 Å². The van der Waals surface area contributed by atoms with Crippen LogP contribution in [-0.2, 0) is 10.0 Å². The number of amides is 2. The predicted octanol–water partition coefficient (Wildman–Crippen LogP) is 2.09. The Morgan fingerprint density at radius 3 is 2.39 bits per heavy atom. The van der Waals surface area contributed by atoms with Crippen LogP contribution in [0.4, 0.5) is 11.4 Å². The number of piperazine rings is 1. The van der Waals surface area contributed by atoms with Gasteiger partial charge in [0, 0.05) is 53.9 Å². The molecule has 172 valence electrons. The molecular formula is C22H24N6O4S. The monoisotopic (exact) mass is 468 g/mol. The van der Waals surface area contributed by atoms with Crippen LogP contribution in [-0.4, -0.2) is 73.5 Å². The molecule has 1 aliphatic heterocycles. The quantitative estimate of drug-likeness (QED) is 0.508. The number of carbonyl (C=O) groups is 2. The van der Waals surface area contributed by atoms with Gasteiger partial charge in [-0.25, -0.2) is 8.42 Å². The van der Waals surface area contributed by atoms with Gasteiger partial charge in [-0.15, -0.1) is 0 Å². The van der Waals surface area contributed by atoms with Crippen molar-refractivity contribution < 1.29 is 18.0 Å². The van der Waals surface area contributed by atoms with E-state index in [4.69, 9.17) is 0 Å². The number of hydrogen-bond donors (Lipinski definition) is 3. The van der Waals surface area contributed by atoms with Crippen LogP contribution >= 0.6 is 0 Å². The number of sulfonamides is 1. The first-order valence-electron chi connectivity index (χ1n) is 10.3. The van der Waals surface area contributed by atoms with Crippen LogP contribution in [0.5, 0.6) is 0 Å². The van der Waals surface area contributed by atoms with Gasteiger partial charge in [-0.2, -0.15) is 5.10 Å². The number of likely N-dealkylation sites (N-methyl/N-ethyl adjacent to an activating group) is 1. The van der Waals surface area contributed by atoms with E-state index in [1.54, 1.807) is 36.4 Å². The minimum atomic E-state index is -3.68. The van der Waals surface area contributed by atoms with Crippen molar-refractivity contribution in [1.82, 2.24) is 20.0 Å². The van der Waals surface area contributed by atoms with Crippen LogP contribution in [0.25, 0.3) is 10.9 Å². The van der Waals surface area contributed by atoms with E-state index in [1.807, 2.05) is 11.9 Å². The molecule has 0 atom stereocenters. The lowest BCUT2D eigenvalue weighted by molar-refractivity contribution is 0.0664. The molecule has 0 spiro atoms. The van der Waals surface area contributed by atoms with Crippen molar-refractivity contribution in [3.05, 3.63) is 65.7 Å². The minimum absolute atomic E-state index is 0.0335. The summed E-state index contributed by atoms with van der Waals surface area (Å²) in [7, 11) is -1.65. The van der Waals surface area contributed by atoms with E-state index in [9.17, 15) is 18.0 Å². The van der Waals surface area contributed by atoms with E-state index in [0.29, 0.717) is 35.2 Å². The second-order valence-corrected chi connectivity index (χ2v) is 9.40. The van der Waals surface area contributed by atoms with Crippen molar-refractivity contribution in [2.45, 2.75) is 0 Å². The minimum Gasteiger partial charge on any atom is -0.336 e. The van der Waals surface area contributed by atoms with Gasteiger partial charge in [-0.3, -0.25) is 19.4 Å². The average Bonchev–Trinajstić information content (AvgIpc) is 3.23. The van der Waals surface area contributed by atoms with Gasteiger partial charge >= 0.3 is 0 Å². The lowest BCUT2D eigenvalue weighted by Crippen LogP contribution is -2.47. The molecule has 2 heterocycles. The number of rotatable bonds is 6. The maximum Gasteiger partial charge on any atom is 0.276 e. The molecule has 1 saturated heterocycles. The summed E-state index contributed by atoms with van der Waals surface area (Å²) < 4.78 is 25.8. The molecule has 33 heavy (non-hydrogen) atoms. The number of carbonyl (C=O) groups excluding carboxylic acids is 2. The van der Waals surface area contributed by atoms with Crippen LogP contribution in [0, 0.1) is 0 Å². The second kappa shape index (κ2) is 9.04. The smallest absolute Gasteiger partial charge is 0.276 e. The number of H-pyrrole nitrogens is 1. The summed E-state index contributed by atoms with van der Waals surface area (Å²) in [6, 6.07) is 11.4. The zero-order chi connectivity index (χ0) is 23.6. The van der Waals surface area contributed by atoms with Gasteiger partial charge in [0.15, 0.2) is 5.69 Å². The van der Waals surface area contributed by atoms with Gasteiger partial charge in [0.2, 0.25) is 0 Å². The first-order valence-corrected chi connectivity index (χ1v) is 11.8. The molecule has 0 saturated carbocycles. The molecular weight excluding hydrogens is 444 g/mol. The number of aromatic nitrogens is 2. The Kier molecular flexibility index (Phi) is 6.16. The fourth-order valence-corrected chi connectivity index (χ4v) is 4.07. The molecule has 1 aromatic heterocycles. The predicted molar refractivity (Wildman–Crippen MR) is 127 cm³/mol. The molecule has 0 bridgehead atoms. The summed E-state index contributed by atoms with van der Waals surface area (Å²) in [6.07, 6.45) is 0. The van der Waals surface area contributed by atoms with Gasteiger partial charge in [-0.1, -0.05) is 6.58 Å². The fraction of sp³-hybridized carbons (Fsp3) is 0.227. The van der Waals surface area contributed by atoms with Gasteiger partial charge in [-0.05, 0) is 49.5 Å². The molecule has 0 radical (unpaired) electrons. The topological polar surface area (TPSA) is 127 Å². The van der Waals surface area contributed by atoms with Crippen LogP contribution in [0.2, 0.25) is 0 Å². The maximum atomic E-state index is 12.8. The van der Waals surface area contributed by atoms with Crippen LogP contribution in [0.15, 0.2) is 54.5 Å². The van der Waals surface area contributed by atoms with Crippen LogP contribution in [0.1, 0.15) is 20.8 Å². The van der Waals surface area contributed by atoms with Crippen LogP contribution in [0.3, 0.4) is 0 Å². The normalized spacial score (nSPS) is 14.8. The molecule has 3 N–H and O–H groups in total. The summed E-state index contributed by atoms with van der Waals surface area (Å²) in [4.78, 5) is 29.5. The van der Waals surface area contributed by atoms with Crippen LogP contribution < -0.4 is 10.0 Å². The van der Waals surface area contributed by atoms with E-state index in [1.165, 1.54) is 6.07 Å². The Balaban J connectivity index is 1.48. The number of fused-ring (bicyclic) bond motifs is 1. The zero-order valence-electron chi connectivity index (χ0n) is 18.0. The van der Waals surface area contributed by atoms with Gasteiger partial charge in [0.05, 0.1) is 5.52 Å². The third kappa shape index (κ3) is 5.04. The number of nitrogens with zero attached hydrogens (tertiary/aromatic N) is 3. The molecule has 2 aromatic carbocycles. The van der Waals surface area contributed by atoms with Crippen molar-refractivity contribution in [2.24, 2.45) is 0 Å². The summed E-state index contributed by atoms with van der Waals surface area (Å²) in [6.45, 7) is 6.32. The lowest BCUT2D eigenvalue weighted by atomic mass is 10.1. The third-order valence-corrected chi connectivity index (χ3v) is 6.40. The first kappa shape index (κ1) is 22.5. The number of nitrogens with one attached hydrogen (secondary N) is 3. The molecule has 1 aliphatic rings. The Morgan fingerprint density at radius 1 is 1.06 bits per heavy atom. The van der Waals surface area contributed by atoms with Crippen molar-refractivity contribution in [2.75, 3.05) is 43.3 Å². The molecule has 3 aromatic rings. The van der Waals surface area contributed by atoms with E-state index >= 15 is 0 Å². The van der Waals surface area contributed by atoms with Crippen molar-refractivity contribution >= 4 is 44.1 Å². The summed E-state index contributed by atoms with van der Waals surface area (Å²) >= 11 is 0. The highest BCUT2D eigenvalue weighted by molar-refractivity contribution is 7.95. The average molecular weight is 469 g/mol. The number of aromatic amines is 1. The number of benzene rings is 2. The first-order chi connectivity index (χ1) is 15.8. The van der Waals surface area contributed by atoms with E-state index in [-0.39, 0.29) is 17.3 Å². The molecule has 1 fully saturated rings. The Bertz CT molecular complexity index is 1310. The number of hydrogen-bond acceptors (Lipinski definition) is 6. The fourth-order valence-electron chi connectivity index (χ4n) is 3.54. The lowest BCUT2D eigenvalue weighted by Gasteiger charge is -2.32. The zero-order valence-corrected chi connectivity index (χ0v) is 18.9. The van der Waals surface area contributed by atoms with Gasteiger partial charge in [0.1, 0.15) is 0 Å².